The molecule has 0 saturated carbocycles. The van der Waals surface area contributed by atoms with Crippen molar-refractivity contribution >= 4 is 5.78 Å². The number of ketones is 1. The largest absolute Gasteiger partial charge is 0.298 e. The molecule has 0 aromatic carbocycles. The number of unbranched alkanes of at least 4 members (excludes halogenated alkanes) is 4. The molecule has 0 aromatic heterocycles. The van der Waals surface area contributed by atoms with Crippen LogP contribution in [-0.2, 0) is 4.79 Å². The van der Waals surface area contributed by atoms with Crippen molar-refractivity contribution in [3.63, 3.8) is 0 Å². The predicted molar refractivity (Wildman–Crippen MR) is 69.4 cm³/mol. The summed E-state index contributed by atoms with van der Waals surface area (Å²) in [7, 11) is 0. The van der Waals surface area contributed by atoms with E-state index in [2.05, 4.69) is 26.0 Å². The number of hydrogen-bond acceptors (Lipinski definition) is 1. The van der Waals surface area contributed by atoms with Crippen LogP contribution >= 0.6 is 0 Å². The Hall–Kier alpha value is -0.590. The van der Waals surface area contributed by atoms with Crippen LogP contribution in [0.4, 0.5) is 0 Å². The van der Waals surface area contributed by atoms with Gasteiger partial charge in [-0.15, -0.1) is 0 Å². The van der Waals surface area contributed by atoms with E-state index >= 15 is 0 Å². The number of carbonyl (C=O) groups excluding carboxylic acids is 1. The van der Waals surface area contributed by atoms with Crippen molar-refractivity contribution in [1.82, 2.24) is 0 Å². The first-order valence-electron chi connectivity index (χ1n) is 7.01. The molecule has 0 N–H and O–H groups in total. The van der Waals surface area contributed by atoms with Crippen LogP contribution in [0.5, 0.6) is 0 Å². The highest BCUT2D eigenvalue weighted by Gasteiger charge is 2.27. The van der Waals surface area contributed by atoms with E-state index < -0.39 is 0 Å². The van der Waals surface area contributed by atoms with Crippen LogP contribution in [0.15, 0.2) is 12.2 Å². The number of rotatable bonds is 8. The number of carbonyl (C=O) groups is 1. The minimum Gasteiger partial charge on any atom is -0.298 e. The summed E-state index contributed by atoms with van der Waals surface area (Å²) in [6, 6.07) is 0. The first-order valence-corrected chi connectivity index (χ1v) is 7.01. The van der Waals surface area contributed by atoms with E-state index in [0.29, 0.717) is 5.78 Å². The lowest BCUT2D eigenvalue weighted by molar-refractivity contribution is -0.123. The fourth-order valence-corrected chi connectivity index (χ4v) is 2.44. The minimum absolute atomic E-state index is 0.248. The van der Waals surface area contributed by atoms with Crippen LogP contribution in [-0.4, -0.2) is 5.78 Å². The molecule has 1 aliphatic carbocycles. The van der Waals surface area contributed by atoms with Gasteiger partial charge >= 0.3 is 0 Å². The average molecular weight is 222 g/mol. The van der Waals surface area contributed by atoms with Gasteiger partial charge in [0, 0.05) is 11.8 Å². The Bertz CT molecular complexity index is 208. The Morgan fingerprint density at radius 2 is 1.31 bits per heavy atom. The van der Waals surface area contributed by atoms with Gasteiger partial charge in [-0.25, -0.2) is 0 Å². The van der Waals surface area contributed by atoms with E-state index in [9.17, 15) is 4.79 Å². The maximum atomic E-state index is 12.0. The van der Waals surface area contributed by atoms with Crippen LogP contribution in [0.3, 0.4) is 0 Å². The van der Waals surface area contributed by atoms with Crippen LogP contribution in [0.1, 0.15) is 65.2 Å². The van der Waals surface area contributed by atoms with Crippen molar-refractivity contribution in [1.29, 1.82) is 0 Å². The highest BCUT2D eigenvalue weighted by molar-refractivity contribution is 5.89. The van der Waals surface area contributed by atoms with Crippen molar-refractivity contribution < 1.29 is 4.79 Å². The smallest absolute Gasteiger partial charge is 0.146 e. The molecular weight excluding hydrogens is 196 g/mol. The molecule has 2 unspecified atom stereocenters. The third-order valence-electron chi connectivity index (χ3n) is 3.54. The molecule has 16 heavy (non-hydrogen) atoms. The lowest BCUT2D eigenvalue weighted by Crippen LogP contribution is -2.15. The van der Waals surface area contributed by atoms with Crippen LogP contribution in [0, 0.1) is 11.8 Å². The average Bonchev–Trinajstić information content (AvgIpc) is 2.62. The molecule has 1 heteroatoms. The quantitative estimate of drug-likeness (QED) is 0.436. The molecule has 0 spiro atoms. The molecule has 0 radical (unpaired) electrons. The highest BCUT2D eigenvalue weighted by atomic mass is 16.1. The van der Waals surface area contributed by atoms with E-state index in [0.717, 1.165) is 12.8 Å². The van der Waals surface area contributed by atoms with Crippen molar-refractivity contribution in [3.05, 3.63) is 12.2 Å². The van der Waals surface area contributed by atoms with Gasteiger partial charge < -0.3 is 0 Å². The van der Waals surface area contributed by atoms with Crippen LogP contribution in [0.25, 0.3) is 0 Å². The lowest BCUT2D eigenvalue weighted by atomic mass is 9.93. The number of hydrogen-bond donors (Lipinski definition) is 0. The molecular formula is C15H26O. The highest BCUT2D eigenvalue weighted by Crippen LogP contribution is 2.27. The molecule has 0 saturated heterocycles. The second-order valence-electron chi connectivity index (χ2n) is 4.99. The first kappa shape index (κ1) is 13.5. The fraction of sp³-hybridized carbons (Fsp3) is 0.800. The van der Waals surface area contributed by atoms with E-state index in [4.69, 9.17) is 0 Å². The van der Waals surface area contributed by atoms with Gasteiger partial charge in [-0.05, 0) is 12.8 Å². The SMILES string of the molecule is CCCCCC1C=CC(CCCCC)C1=O. The first-order chi connectivity index (χ1) is 7.79. The van der Waals surface area contributed by atoms with Gasteiger partial charge in [0.15, 0.2) is 0 Å². The second kappa shape index (κ2) is 7.65. The zero-order chi connectivity index (χ0) is 11.8. The Morgan fingerprint density at radius 3 is 1.69 bits per heavy atom. The summed E-state index contributed by atoms with van der Waals surface area (Å²) in [5, 5.41) is 0. The maximum absolute atomic E-state index is 12.0. The topological polar surface area (TPSA) is 17.1 Å². The molecule has 0 bridgehead atoms. The monoisotopic (exact) mass is 222 g/mol. The van der Waals surface area contributed by atoms with Crippen LogP contribution < -0.4 is 0 Å². The van der Waals surface area contributed by atoms with Gasteiger partial charge in [0.25, 0.3) is 0 Å². The molecule has 1 aliphatic rings. The standard InChI is InChI=1S/C15H26O/c1-3-5-7-9-13-11-12-14(15(13)16)10-8-6-4-2/h11-14H,3-10H2,1-2H3. The van der Waals surface area contributed by atoms with Crippen molar-refractivity contribution in [3.8, 4) is 0 Å². The normalized spacial score (nSPS) is 24.2. The van der Waals surface area contributed by atoms with Gasteiger partial charge in [0.2, 0.25) is 0 Å². The van der Waals surface area contributed by atoms with Gasteiger partial charge in [0.05, 0.1) is 0 Å². The maximum Gasteiger partial charge on any atom is 0.146 e. The Balaban J connectivity index is 2.22. The second-order valence-corrected chi connectivity index (χ2v) is 4.99. The molecule has 92 valence electrons. The van der Waals surface area contributed by atoms with E-state index in [1.54, 1.807) is 0 Å². The fourth-order valence-electron chi connectivity index (χ4n) is 2.44. The summed E-state index contributed by atoms with van der Waals surface area (Å²) in [6.07, 6.45) is 13.9. The zero-order valence-electron chi connectivity index (χ0n) is 10.9. The summed E-state index contributed by atoms with van der Waals surface area (Å²) in [5.74, 6) is 0.989. The summed E-state index contributed by atoms with van der Waals surface area (Å²) < 4.78 is 0. The molecule has 0 heterocycles. The molecule has 2 atom stereocenters. The summed E-state index contributed by atoms with van der Waals surface area (Å²) >= 11 is 0. The van der Waals surface area contributed by atoms with Crippen molar-refractivity contribution in [2.45, 2.75) is 65.2 Å². The van der Waals surface area contributed by atoms with E-state index in [1.165, 1.54) is 38.5 Å². The van der Waals surface area contributed by atoms with Gasteiger partial charge in [-0.2, -0.15) is 0 Å². The van der Waals surface area contributed by atoms with Crippen molar-refractivity contribution in [2.75, 3.05) is 0 Å². The van der Waals surface area contributed by atoms with Gasteiger partial charge in [-0.3, -0.25) is 4.79 Å². The molecule has 0 amide bonds. The molecule has 0 fully saturated rings. The predicted octanol–water partition coefficient (Wildman–Crippen LogP) is 4.52. The number of Topliss-reactive ketones (excluding diaryl/α,β-unsaturated/α-hetero) is 1. The Kier molecular flexibility index (Phi) is 6.44. The third-order valence-corrected chi connectivity index (χ3v) is 3.54. The molecule has 0 aromatic rings. The third kappa shape index (κ3) is 4.11. The molecule has 1 nitrogen and oxygen atoms in total. The summed E-state index contributed by atoms with van der Waals surface area (Å²) in [5.41, 5.74) is 0. The Morgan fingerprint density at radius 1 is 0.875 bits per heavy atom. The number of allylic oxidation sites excluding steroid dienone is 2. The van der Waals surface area contributed by atoms with E-state index in [1.807, 2.05) is 0 Å². The minimum atomic E-state index is 0.248. The Labute approximate surface area is 100 Å². The van der Waals surface area contributed by atoms with Gasteiger partial charge in [-0.1, -0.05) is 64.5 Å². The van der Waals surface area contributed by atoms with E-state index in [-0.39, 0.29) is 11.8 Å². The van der Waals surface area contributed by atoms with Crippen molar-refractivity contribution in [2.24, 2.45) is 11.8 Å². The zero-order valence-corrected chi connectivity index (χ0v) is 10.9. The summed E-state index contributed by atoms with van der Waals surface area (Å²) in [4.78, 5) is 12.0. The molecule has 1 rings (SSSR count). The van der Waals surface area contributed by atoms with Crippen LogP contribution in [0.2, 0.25) is 0 Å². The van der Waals surface area contributed by atoms with Gasteiger partial charge in [0.1, 0.15) is 5.78 Å². The molecule has 0 aliphatic heterocycles. The lowest BCUT2D eigenvalue weighted by Gasteiger charge is -2.10. The summed E-state index contributed by atoms with van der Waals surface area (Å²) in [6.45, 7) is 4.42.